The van der Waals surface area contributed by atoms with Crippen LogP contribution in [0.3, 0.4) is 0 Å². The third-order valence-electron chi connectivity index (χ3n) is 4.00. The van der Waals surface area contributed by atoms with E-state index >= 15 is 0 Å². The Morgan fingerprint density at radius 3 is 2.58 bits per heavy atom. The van der Waals surface area contributed by atoms with Crippen LogP contribution in [0.25, 0.3) is 11.3 Å². The van der Waals surface area contributed by atoms with E-state index in [-0.39, 0.29) is 12.5 Å². The number of piperidine rings is 1. The van der Waals surface area contributed by atoms with Crippen molar-refractivity contribution >= 4 is 23.2 Å². The maximum Gasteiger partial charge on any atom is 0.351 e. The van der Waals surface area contributed by atoms with Gasteiger partial charge in [-0.15, -0.1) is 11.3 Å². The number of aromatic nitrogens is 1. The number of amides is 1. The van der Waals surface area contributed by atoms with Crippen LogP contribution in [0.5, 0.6) is 0 Å². The molecule has 1 aromatic carbocycles. The molecule has 0 aliphatic carbocycles. The van der Waals surface area contributed by atoms with Crippen molar-refractivity contribution in [2.45, 2.75) is 26.2 Å². The molecule has 3 rings (SSSR count). The SMILES string of the molecule is Cc1nc(-c2ccccc2)c(C(=O)OCC(=O)N2CCCCC2)s1. The summed E-state index contributed by atoms with van der Waals surface area (Å²) in [4.78, 5) is 31.2. The molecular formula is C18H20N2O3S. The zero-order chi connectivity index (χ0) is 16.9. The quantitative estimate of drug-likeness (QED) is 0.799. The van der Waals surface area contributed by atoms with Gasteiger partial charge in [-0.05, 0) is 26.2 Å². The monoisotopic (exact) mass is 344 g/mol. The van der Waals surface area contributed by atoms with Crippen LogP contribution in [0.1, 0.15) is 33.9 Å². The predicted octanol–water partition coefficient (Wildman–Crippen LogP) is 3.29. The maximum absolute atomic E-state index is 12.4. The number of nitrogens with zero attached hydrogens (tertiary/aromatic N) is 2. The molecule has 1 fully saturated rings. The smallest absolute Gasteiger partial charge is 0.351 e. The van der Waals surface area contributed by atoms with Crippen molar-refractivity contribution in [3.05, 3.63) is 40.2 Å². The lowest BCUT2D eigenvalue weighted by atomic mass is 10.1. The first-order valence-corrected chi connectivity index (χ1v) is 8.94. The molecule has 2 heterocycles. The summed E-state index contributed by atoms with van der Waals surface area (Å²) in [6, 6.07) is 9.53. The fraction of sp³-hybridized carbons (Fsp3) is 0.389. The fourth-order valence-corrected chi connectivity index (χ4v) is 3.62. The Morgan fingerprint density at radius 2 is 1.88 bits per heavy atom. The molecule has 0 spiro atoms. The van der Waals surface area contributed by atoms with E-state index in [0.717, 1.165) is 42.9 Å². The van der Waals surface area contributed by atoms with Crippen molar-refractivity contribution in [1.29, 1.82) is 0 Å². The summed E-state index contributed by atoms with van der Waals surface area (Å²) in [5, 5.41) is 0.795. The van der Waals surface area contributed by atoms with Gasteiger partial charge in [-0.3, -0.25) is 4.79 Å². The molecule has 24 heavy (non-hydrogen) atoms. The molecule has 126 valence electrons. The van der Waals surface area contributed by atoms with E-state index in [1.807, 2.05) is 37.3 Å². The molecule has 5 nitrogen and oxygen atoms in total. The van der Waals surface area contributed by atoms with Gasteiger partial charge in [0, 0.05) is 18.7 Å². The van der Waals surface area contributed by atoms with Crippen LogP contribution in [-0.2, 0) is 9.53 Å². The van der Waals surface area contributed by atoms with Crippen LogP contribution in [-0.4, -0.2) is 41.5 Å². The number of carbonyl (C=O) groups excluding carboxylic acids is 2. The molecule has 6 heteroatoms. The number of rotatable bonds is 4. The van der Waals surface area contributed by atoms with E-state index < -0.39 is 5.97 Å². The fourth-order valence-electron chi connectivity index (χ4n) is 2.78. The Kier molecular flexibility index (Phi) is 5.25. The summed E-state index contributed by atoms with van der Waals surface area (Å²) < 4.78 is 5.26. The minimum atomic E-state index is -0.482. The van der Waals surface area contributed by atoms with E-state index in [4.69, 9.17) is 4.74 Å². The first-order valence-electron chi connectivity index (χ1n) is 8.13. The second-order valence-corrected chi connectivity index (χ2v) is 7.00. The van der Waals surface area contributed by atoms with Crippen molar-refractivity contribution in [3.8, 4) is 11.3 Å². The summed E-state index contributed by atoms with van der Waals surface area (Å²) in [5.74, 6) is -0.602. The Bertz CT molecular complexity index is 721. The first-order chi connectivity index (χ1) is 11.6. The van der Waals surface area contributed by atoms with Gasteiger partial charge in [0.25, 0.3) is 5.91 Å². The van der Waals surface area contributed by atoms with Crippen molar-refractivity contribution in [2.24, 2.45) is 0 Å². The zero-order valence-electron chi connectivity index (χ0n) is 13.7. The number of carbonyl (C=O) groups is 2. The molecule has 0 radical (unpaired) electrons. The van der Waals surface area contributed by atoms with E-state index in [1.165, 1.54) is 11.3 Å². The molecule has 0 saturated carbocycles. The Labute approximate surface area is 145 Å². The first kappa shape index (κ1) is 16.6. The van der Waals surface area contributed by atoms with Crippen LogP contribution in [0.15, 0.2) is 30.3 Å². The van der Waals surface area contributed by atoms with Crippen molar-refractivity contribution in [2.75, 3.05) is 19.7 Å². The average molecular weight is 344 g/mol. The van der Waals surface area contributed by atoms with Crippen molar-refractivity contribution < 1.29 is 14.3 Å². The van der Waals surface area contributed by atoms with Crippen LogP contribution in [0, 0.1) is 6.92 Å². The van der Waals surface area contributed by atoms with E-state index in [9.17, 15) is 9.59 Å². The Hall–Kier alpha value is -2.21. The van der Waals surface area contributed by atoms with Gasteiger partial charge >= 0.3 is 5.97 Å². The second-order valence-electron chi connectivity index (χ2n) is 5.79. The lowest BCUT2D eigenvalue weighted by molar-refractivity contribution is -0.135. The van der Waals surface area contributed by atoms with Crippen molar-refractivity contribution in [3.63, 3.8) is 0 Å². The normalized spacial score (nSPS) is 14.5. The van der Waals surface area contributed by atoms with Gasteiger partial charge in [0.1, 0.15) is 4.88 Å². The summed E-state index contributed by atoms with van der Waals surface area (Å²) in [6.45, 7) is 3.16. The molecule has 1 saturated heterocycles. The molecule has 2 aromatic rings. The molecule has 1 amide bonds. The number of ether oxygens (including phenoxy) is 1. The van der Waals surface area contributed by atoms with Crippen LogP contribution >= 0.6 is 11.3 Å². The van der Waals surface area contributed by atoms with E-state index in [0.29, 0.717) is 10.6 Å². The molecule has 0 unspecified atom stereocenters. The van der Waals surface area contributed by atoms with Crippen molar-refractivity contribution in [1.82, 2.24) is 9.88 Å². The number of likely N-dealkylation sites (tertiary alicyclic amines) is 1. The van der Waals surface area contributed by atoms with Gasteiger partial charge in [-0.1, -0.05) is 30.3 Å². The van der Waals surface area contributed by atoms with Crippen LogP contribution in [0.2, 0.25) is 0 Å². The van der Waals surface area contributed by atoms with Gasteiger partial charge in [0.2, 0.25) is 0 Å². The number of thiazole rings is 1. The minimum absolute atomic E-state index is 0.120. The highest BCUT2D eigenvalue weighted by molar-refractivity contribution is 7.14. The van der Waals surface area contributed by atoms with Gasteiger partial charge < -0.3 is 9.64 Å². The molecule has 1 aliphatic heterocycles. The molecule has 0 N–H and O–H groups in total. The third-order valence-corrected chi connectivity index (χ3v) is 4.95. The molecule has 1 aromatic heterocycles. The van der Waals surface area contributed by atoms with Gasteiger partial charge in [0.05, 0.1) is 10.7 Å². The predicted molar refractivity (Wildman–Crippen MR) is 93.0 cm³/mol. The third kappa shape index (κ3) is 3.82. The van der Waals surface area contributed by atoms with E-state index in [1.54, 1.807) is 4.90 Å². The highest BCUT2D eigenvalue weighted by atomic mass is 32.1. The molecular weight excluding hydrogens is 324 g/mol. The number of benzene rings is 1. The topological polar surface area (TPSA) is 59.5 Å². The summed E-state index contributed by atoms with van der Waals surface area (Å²) in [7, 11) is 0. The number of hydrogen-bond acceptors (Lipinski definition) is 5. The van der Waals surface area contributed by atoms with E-state index in [2.05, 4.69) is 4.98 Å². The van der Waals surface area contributed by atoms with Gasteiger partial charge in [-0.25, -0.2) is 9.78 Å². The Morgan fingerprint density at radius 1 is 1.17 bits per heavy atom. The van der Waals surface area contributed by atoms with Gasteiger partial charge in [0.15, 0.2) is 6.61 Å². The molecule has 0 bridgehead atoms. The number of hydrogen-bond donors (Lipinski definition) is 0. The molecule has 1 aliphatic rings. The average Bonchev–Trinajstić information content (AvgIpc) is 3.03. The highest BCUT2D eigenvalue weighted by Crippen LogP contribution is 2.28. The lowest BCUT2D eigenvalue weighted by Crippen LogP contribution is -2.38. The largest absolute Gasteiger partial charge is 0.451 e. The zero-order valence-corrected chi connectivity index (χ0v) is 14.5. The van der Waals surface area contributed by atoms with Crippen LogP contribution < -0.4 is 0 Å². The maximum atomic E-state index is 12.4. The number of esters is 1. The number of aryl methyl sites for hydroxylation is 1. The minimum Gasteiger partial charge on any atom is -0.451 e. The standard InChI is InChI=1S/C18H20N2O3S/c1-13-19-16(14-8-4-2-5-9-14)17(24-13)18(22)23-12-15(21)20-10-6-3-7-11-20/h2,4-5,8-9H,3,6-7,10-12H2,1H3. The van der Waals surface area contributed by atoms with Gasteiger partial charge in [-0.2, -0.15) is 0 Å². The molecule has 0 atom stereocenters. The Balaban J connectivity index is 1.68. The summed E-state index contributed by atoms with van der Waals surface area (Å²) >= 11 is 1.29. The van der Waals surface area contributed by atoms with Crippen LogP contribution in [0.4, 0.5) is 0 Å². The summed E-state index contributed by atoms with van der Waals surface area (Å²) in [5.41, 5.74) is 1.49. The lowest BCUT2D eigenvalue weighted by Gasteiger charge is -2.26. The summed E-state index contributed by atoms with van der Waals surface area (Å²) in [6.07, 6.45) is 3.20. The highest BCUT2D eigenvalue weighted by Gasteiger charge is 2.22. The second kappa shape index (κ2) is 7.57.